The van der Waals surface area contributed by atoms with Gasteiger partial charge in [-0.1, -0.05) is 54.6 Å². The van der Waals surface area contributed by atoms with E-state index in [0.29, 0.717) is 0 Å². The van der Waals surface area contributed by atoms with Crippen molar-refractivity contribution in [1.82, 2.24) is 10.1 Å². The van der Waals surface area contributed by atoms with E-state index in [1.165, 1.54) is 11.1 Å². The van der Waals surface area contributed by atoms with Crippen LogP contribution in [0.1, 0.15) is 5.56 Å². The van der Waals surface area contributed by atoms with Crippen molar-refractivity contribution in [2.45, 2.75) is 6.04 Å². The van der Waals surface area contributed by atoms with Gasteiger partial charge in [-0.3, -0.25) is 5.84 Å². The van der Waals surface area contributed by atoms with Gasteiger partial charge in [0.1, 0.15) is 0 Å². The van der Waals surface area contributed by atoms with Crippen LogP contribution in [0.15, 0.2) is 60.2 Å². The minimum absolute atomic E-state index is 0.0743. The quantitative estimate of drug-likeness (QED) is 0.650. The Labute approximate surface area is 108 Å². The Morgan fingerprint density at radius 1 is 1.11 bits per heavy atom. The summed E-state index contributed by atoms with van der Waals surface area (Å²) in [5.41, 5.74) is 2.37. The van der Waals surface area contributed by atoms with Gasteiger partial charge in [0.2, 0.25) is 0 Å². The van der Waals surface area contributed by atoms with Crippen LogP contribution in [-0.2, 0) is 0 Å². The molecule has 0 heterocycles. The molecule has 2 N–H and O–H groups in total. The fraction of sp³-hybridized carbons (Fsp3) is 0.200. The van der Waals surface area contributed by atoms with Crippen LogP contribution < -0.4 is 5.84 Å². The Bertz CT molecular complexity index is 472. The van der Waals surface area contributed by atoms with Crippen molar-refractivity contribution in [3.8, 4) is 0 Å². The van der Waals surface area contributed by atoms with E-state index in [9.17, 15) is 0 Å². The van der Waals surface area contributed by atoms with E-state index in [4.69, 9.17) is 5.84 Å². The van der Waals surface area contributed by atoms with E-state index in [2.05, 4.69) is 30.4 Å². The maximum Gasteiger partial charge on any atom is 0.0833 e. The molecular formula is C15H19N3. The first-order valence-corrected chi connectivity index (χ1v) is 6.01. The summed E-state index contributed by atoms with van der Waals surface area (Å²) in [5, 5.41) is 3.60. The molecule has 94 valence electrons. The monoisotopic (exact) mass is 241 g/mol. The lowest BCUT2D eigenvalue weighted by atomic mass is 9.99. The maximum atomic E-state index is 6.07. The van der Waals surface area contributed by atoms with Crippen LogP contribution in [-0.4, -0.2) is 30.3 Å². The minimum Gasteiger partial charge on any atom is -0.254 e. The molecule has 0 saturated heterocycles. The molecule has 1 atom stereocenters. The van der Waals surface area contributed by atoms with Gasteiger partial charge in [-0.15, -0.1) is 0 Å². The number of benzene rings is 1. The average Bonchev–Trinajstić information content (AvgIpc) is 2.39. The van der Waals surface area contributed by atoms with Crippen LogP contribution in [0.3, 0.4) is 0 Å². The van der Waals surface area contributed by atoms with Crippen LogP contribution in [0.5, 0.6) is 0 Å². The molecule has 1 aromatic carbocycles. The van der Waals surface area contributed by atoms with E-state index in [1.807, 2.05) is 49.5 Å². The number of nitrogens with zero attached hydrogens (tertiary/aromatic N) is 2. The van der Waals surface area contributed by atoms with Crippen LogP contribution in [0, 0.1) is 0 Å². The lowest BCUT2D eigenvalue weighted by molar-refractivity contribution is 0.0104. The molecule has 3 nitrogen and oxygen atoms in total. The van der Waals surface area contributed by atoms with E-state index >= 15 is 0 Å². The number of nitrogens with two attached hydrogens (primary N) is 1. The Hall–Kier alpha value is -1.68. The highest BCUT2D eigenvalue weighted by molar-refractivity contribution is 5.59. The summed E-state index contributed by atoms with van der Waals surface area (Å²) < 4.78 is 0. The standard InChI is InChI=1S/C15H19N3/c1-17(2)18(16)15-11-7-6-10-14(15)12-13-8-4-3-5-9-13/h3-12,15H,16H2,1-2H3. The first-order chi connectivity index (χ1) is 8.68. The van der Waals surface area contributed by atoms with E-state index in [1.54, 1.807) is 5.12 Å². The van der Waals surface area contributed by atoms with Crippen molar-refractivity contribution >= 4 is 6.08 Å². The Balaban J connectivity index is 2.27. The first kappa shape index (κ1) is 12.8. The maximum absolute atomic E-state index is 6.07. The average molecular weight is 241 g/mol. The first-order valence-electron chi connectivity index (χ1n) is 6.01. The number of allylic oxidation sites excluding steroid dienone is 2. The van der Waals surface area contributed by atoms with Gasteiger partial charge < -0.3 is 0 Å². The van der Waals surface area contributed by atoms with Crippen molar-refractivity contribution in [3.63, 3.8) is 0 Å². The zero-order valence-corrected chi connectivity index (χ0v) is 10.8. The topological polar surface area (TPSA) is 32.5 Å². The molecule has 1 aliphatic rings. The van der Waals surface area contributed by atoms with E-state index in [-0.39, 0.29) is 6.04 Å². The van der Waals surface area contributed by atoms with Crippen LogP contribution in [0.4, 0.5) is 0 Å². The molecule has 3 heteroatoms. The van der Waals surface area contributed by atoms with Crippen molar-refractivity contribution in [2.75, 3.05) is 14.1 Å². The highest BCUT2D eigenvalue weighted by atomic mass is 15.7. The van der Waals surface area contributed by atoms with E-state index < -0.39 is 0 Å². The molecule has 0 radical (unpaired) electrons. The Morgan fingerprint density at radius 3 is 2.50 bits per heavy atom. The van der Waals surface area contributed by atoms with Gasteiger partial charge in [-0.05, 0) is 17.2 Å². The molecule has 0 saturated carbocycles. The third-order valence-corrected chi connectivity index (χ3v) is 2.91. The third-order valence-electron chi connectivity index (χ3n) is 2.91. The molecule has 1 unspecified atom stereocenters. The van der Waals surface area contributed by atoms with Crippen molar-refractivity contribution in [1.29, 1.82) is 0 Å². The lowest BCUT2D eigenvalue weighted by Gasteiger charge is -2.32. The number of hydrogen-bond acceptors (Lipinski definition) is 3. The van der Waals surface area contributed by atoms with Gasteiger partial charge in [-0.25, -0.2) is 5.01 Å². The SMILES string of the molecule is CN(C)N(N)C1C=CC=CC1=Cc1ccccc1. The molecule has 2 rings (SSSR count). The Kier molecular flexibility index (Phi) is 4.10. The van der Waals surface area contributed by atoms with Crippen molar-refractivity contribution in [3.05, 3.63) is 65.8 Å². The van der Waals surface area contributed by atoms with Crippen molar-refractivity contribution in [2.24, 2.45) is 5.84 Å². The van der Waals surface area contributed by atoms with E-state index in [0.717, 1.165) is 0 Å². The number of hydrogen-bond donors (Lipinski definition) is 1. The highest BCUT2D eigenvalue weighted by Crippen LogP contribution is 2.19. The predicted molar refractivity (Wildman–Crippen MR) is 76.2 cm³/mol. The lowest BCUT2D eigenvalue weighted by Crippen LogP contribution is -2.49. The fourth-order valence-electron chi connectivity index (χ4n) is 1.91. The zero-order chi connectivity index (χ0) is 13.0. The molecule has 0 spiro atoms. The summed E-state index contributed by atoms with van der Waals surface area (Å²) in [6.07, 6.45) is 10.4. The van der Waals surface area contributed by atoms with Crippen LogP contribution in [0.25, 0.3) is 6.08 Å². The third kappa shape index (κ3) is 2.96. The second kappa shape index (κ2) is 5.78. The second-order valence-corrected chi connectivity index (χ2v) is 4.47. The molecule has 0 aliphatic heterocycles. The summed E-state index contributed by atoms with van der Waals surface area (Å²) >= 11 is 0. The molecule has 0 amide bonds. The molecular weight excluding hydrogens is 222 g/mol. The van der Waals surface area contributed by atoms with Crippen molar-refractivity contribution < 1.29 is 0 Å². The summed E-state index contributed by atoms with van der Waals surface area (Å²) in [6.45, 7) is 0. The van der Waals surface area contributed by atoms with Gasteiger partial charge in [-0.2, -0.15) is 5.12 Å². The largest absolute Gasteiger partial charge is 0.254 e. The highest BCUT2D eigenvalue weighted by Gasteiger charge is 2.18. The normalized spacial score (nSPS) is 21.2. The molecule has 0 fully saturated rings. The van der Waals surface area contributed by atoms with Gasteiger partial charge >= 0.3 is 0 Å². The molecule has 0 aromatic heterocycles. The molecule has 0 bridgehead atoms. The number of hydrazine groups is 2. The van der Waals surface area contributed by atoms with Crippen LogP contribution >= 0.6 is 0 Å². The fourth-order valence-corrected chi connectivity index (χ4v) is 1.91. The molecule has 1 aliphatic carbocycles. The van der Waals surface area contributed by atoms with Gasteiger partial charge in [0.05, 0.1) is 6.04 Å². The zero-order valence-electron chi connectivity index (χ0n) is 10.8. The van der Waals surface area contributed by atoms with Gasteiger partial charge in [0, 0.05) is 14.1 Å². The van der Waals surface area contributed by atoms with Crippen LogP contribution in [0.2, 0.25) is 0 Å². The number of rotatable bonds is 3. The molecule has 18 heavy (non-hydrogen) atoms. The summed E-state index contributed by atoms with van der Waals surface area (Å²) in [7, 11) is 3.87. The summed E-state index contributed by atoms with van der Waals surface area (Å²) in [4.78, 5) is 0. The molecule has 1 aromatic rings. The summed E-state index contributed by atoms with van der Waals surface area (Å²) in [6, 6.07) is 10.3. The second-order valence-electron chi connectivity index (χ2n) is 4.47. The van der Waals surface area contributed by atoms with Gasteiger partial charge in [0.15, 0.2) is 0 Å². The van der Waals surface area contributed by atoms with Gasteiger partial charge in [0.25, 0.3) is 0 Å². The minimum atomic E-state index is 0.0743. The Morgan fingerprint density at radius 2 is 1.83 bits per heavy atom. The smallest absolute Gasteiger partial charge is 0.0833 e. The predicted octanol–water partition coefficient (Wildman–Crippen LogP) is 2.22. The summed E-state index contributed by atoms with van der Waals surface area (Å²) in [5.74, 6) is 6.07.